The number of aliphatic imine (C=N–C) groups is 1. The van der Waals surface area contributed by atoms with Crippen LogP contribution in [0.2, 0.25) is 5.02 Å². The number of oxime groups is 1. The molecule has 0 fully saturated rings. The summed E-state index contributed by atoms with van der Waals surface area (Å²) in [5.41, 5.74) is 2.38. The van der Waals surface area contributed by atoms with Gasteiger partial charge in [0.1, 0.15) is 12.9 Å². The van der Waals surface area contributed by atoms with Crippen LogP contribution in [0, 0.1) is 0 Å². The quantitative estimate of drug-likeness (QED) is 0.144. The number of allylic oxidation sites excluding steroid dienone is 1. The van der Waals surface area contributed by atoms with Crippen molar-refractivity contribution in [3.63, 3.8) is 0 Å². The molecule has 0 atom stereocenters. The third-order valence-electron chi connectivity index (χ3n) is 3.88. The third kappa shape index (κ3) is 9.43. The van der Waals surface area contributed by atoms with Crippen molar-refractivity contribution in [2.24, 2.45) is 15.2 Å². The molecule has 7 nitrogen and oxygen atoms in total. The summed E-state index contributed by atoms with van der Waals surface area (Å²) in [6.45, 7) is 5.99. The smallest absolute Gasteiger partial charge is 0.167 e. The fourth-order valence-electron chi connectivity index (χ4n) is 2.14. The fraction of sp³-hybridized carbons (Fsp3) is 0.400. The summed E-state index contributed by atoms with van der Waals surface area (Å²) >= 11 is 5.87. The van der Waals surface area contributed by atoms with Gasteiger partial charge in [0.2, 0.25) is 0 Å². The van der Waals surface area contributed by atoms with E-state index < -0.39 is 0 Å². The summed E-state index contributed by atoms with van der Waals surface area (Å²) < 4.78 is 0. The van der Waals surface area contributed by atoms with Crippen LogP contribution in [0.4, 0.5) is 0 Å². The van der Waals surface area contributed by atoms with Crippen molar-refractivity contribution in [1.82, 2.24) is 5.01 Å². The summed E-state index contributed by atoms with van der Waals surface area (Å²) in [4.78, 5) is 20.0. The minimum atomic E-state index is -0.0403. The molecule has 0 bridgehead atoms. The zero-order chi connectivity index (χ0) is 20.8. The summed E-state index contributed by atoms with van der Waals surface area (Å²) in [6.07, 6.45) is 4.08. The van der Waals surface area contributed by atoms with Crippen molar-refractivity contribution in [1.29, 1.82) is 0 Å². The molecule has 0 saturated heterocycles. The molecule has 0 aromatic heterocycles. The molecule has 0 aliphatic rings. The Morgan fingerprint density at radius 3 is 2.64 bits per heavy atom. The normalized spacial score (nSPS) is 12.6. The second-order valence-corrected chi connectivity index (χ2v) is 6.49. The molecule has 0 aliphatic carbocycles. The van der Waals surface area contributed by atoms with E-state index in [4.69, 9.17) is 21.5 Å². The molecule has 1 rings (SSSR count). The molecular weight excluding hydrogens is 380 g/mol. The predicted octanol–water partition coefficient (Wildman–Crippen LogP) is 3.12. The van der Waals surface area contributed by atoms with Crippen LogP contribution in [-0.4, -0.2) is 62.0 Å². The van der Waals surface area contributed by atoms with Gasteiger partial charge >= 0.3 is 0 Å². The minimum absolute atomic E-state index is 0.0403. The van der Waals surface area contributed by atoms with Gasteiger partial charge in [-0.05, 0) is 55.3 Å². The monoisotopic (exact) mass is 406 g/mol. The zero-order valence-corrected chi connectivity index (χ0v) is 17.1. The van der Waals surface area contributed by atoms with E-state index in [2.05, 4.69) is 22.0 Å². The minimum Gasteiger partial charge on any atom is -0.396 e. The van der Waals surface area contributed by atoms with E-state index in [0.717, 1.165) is 18.3 Å². The van der Waals surface area contributed by atoms with Crippen LogP contribution in [-0.2, 0) is 16.1 Å². The number of aryl methyl sites for hydroxylation is 1. The van der Waals surface area contributed by atoms with Gasteiger partial charge in [-0.2, -0.15) is 5.10 Å². The first kappa shape index (κ1) is 23.5. The van der Waals surface area contributed by atoms with Gasteiger partial charge in [0.25, 0.3) is 0 Å². The van der Waals surface area contributed by atoms with E-state index in [1.54, 1.807) is 25.2 Å². The number of hydrazone groups is 1. The van der Waals surface area contributed by atoms with Crippen molar-refractivity contribution in [3.05, 3.63) is 46.0 Å². The largest absolute Gasteiger partial charge is 0.396 e. The number of halogens is 1. The number of nitrogens with zero attached hydrogens (tertiary/aromatic N) is 4. The number of rotatable bonds is 12. The van der Waals surface area contributed by atoms with Gasteiger partial charge in [0.05, 0.1) is 12.8 Å². The number of hydrogen-bond acceptors (Lipinski definition) is 6. The number of benzene rings is 1. The van der Waals surface area contributed by atoms with Crippen molar-refractivity contribution in [3.8, 4) is 0 Å². The molecule has 1 aromatic rings. The number of aldehydes is 1. The highest BCUT2D eigenvalue weighted by atomic mass is 35.5. The van der Waals surface area contributed by atoms with Gasteiger partial charge in [0, 0.05) is 25.1 Å². The molecule has 0 radical (unpaired) electrons. The molecule has 0 saturated carbocycles. The Balaban J connectivity index is 2.43. The molecule has 28 heavy (non-hydrogen) atoms. The Labute approximate surface area is 171 Å². The molecule has 1 aromatic carbocycles. The third-order valence-corrected chi connectivity index (χ3v) is 4.14. The van der Waals surface area contributed by atoms with Gasteiger partial charge in [-0.15, -0.1) is 0 Å². The number of carbonyl (C=O) groups excluding carboxylic acids is 1. The van der Waals surface area contributed by atoms with Gasteiger partial charge in [0.15, 0.2) is 5.84 Å². The lowest BCUT2D eigenvalue weighted by molar-refractivity contribution is -0.104. The van der Waals surface area contributed by atoms with Crippen LogP contribution in [0.25, 0.3) is 0 Å². The Morgan fingerprint density at radius 1 is 1.32 bits per heavy atom. The van der Waals surface area contributed by atoms with Crippen LogP contribution in [0.3, 0.4) is 0 Å². The van der Waals surface area contributed by atoms with Gasteiger partial charge < -0.3 is 9.94 Å². The highest BCUT2D eigenvalue weighted by molar-refractivity contribution is 6.30. The maximum absolute atomic E-state index is 10.9. The number of carbonyl (C=O) groups is 1. The first-order valence-electron chi connectivity index (χ1n) is 8.91. The maximum atomic E-state index is 10.9. The number of hydrogen-bond donors (Lipinski definition) is 1. The Morgan fingerprint density at radius 2 is 2.04 bits per heavy atom. The van der Waals surface area contributed by atoms with E-state index in [9.17, 15) is 4.79 Å². The Bertz CT molecular complexity index is 715. The highest BCUT2D eigenvalue weighted by Gasteiger charge is 2.02. The summed E-state index contributed by atoms with van der Waals surface area (Å²) in [7, 11) is 1.78. The molecule has 0 unspecified atom stereocenters. The maximum Gasteiger partial charge on any atom is 0.167 e. The Kier molecular flexibility index (Phi) is 11.5. The number of amidine groups is 1. The van der Waals surface area contributed by atoms with E-state index in [-0.39, 0.29) is 6.61 Å². The molecule has 0 amide bonds. The van der Waals surface area contributed by atoms with E-state index in [1.165, 1.54) is 0 Å². The second kappa shape index (κ2) is 13.6. The van der Waals surface area contributed by atoms with Crippen LogP contribution < -0.4 is 0 Å². The SMILES string of the molecule is C=N/C(CCc1ccc(Cl)cc1)=N\OCCN(C)/N=C\C(CCO)=C(\C)C=O. The highest BCUT2D eigenvalue weighted by Crippen LogP contribution is 2.11. The van der Waals surface area contributed by atoms with Crippen molar-refractivity contribution in [2.45, 2.75) is 26.2 Å². The lowest BCUT2D eigenvalue weighted by Crippen LogP contribution is -2.17. The van der Waals surface area contributed by atoms with Crippen molar-refractivity contribution >= 4 is 36.7 Å². The first-order valence-corrected chi connectivity index (χ1v) is 9.28. The number of aliphatic hydroxyl groups is 1. The average molecular weight is 407 g/mol. The summed E-state index contributed by atoms with van der Waals surface area (Å²) in [6, 6.07) is 7.62. The van der Waals surface area contributed by atoms with Gasteiger partial charge in [-0.25, -0.2) is 4.99 Å². The lowest BCUT2D eigenvalue weighted by atomic mass is 10.1. The zero-order valence-electron chi connectivity index (χ0n) is 16.3. The fourth-order valence-corrected chi connectivity index (χ4v) is 2.27. The molecule has 8 heteroatoms. The van der Waals surface area contributed by atoms with E-state index >= 15 is 0 Å². The van der Waals surface area contributed by atoms with Crippen LogP contribution in [0.5, 0.6) is 0 Å². The lowest BCUT2D eigenvalue weighted by Gasteiger charge is -2.12. The standard InChI is InChI=1S/C20H27ClN4O3/c1-16(15-27)18(10-12-26)14-23-25(3)11-13-28-24-20(22-2)9-6-17-4-7-19(21)8-5-17/h4-5,7-8,14-15,26H,2,6,9-13H2,1,3H3/b18-16-,23-14-,24-20-. The van der Waals surface area contributed by atoms with E-state index in [1.807, 2.05) is 24.3 Å². The predicted molar refractivity (Wildman–Crippen MR) is 114 cm³/mol. The van der Waals surface area contributed by atoms with Gasteiger partial charge in [-0.3, -0.25) is 9.80 Å². The molecule has 0 spiro atoms. The molecule has 1 N–H and O–H groups in total. The molecule has 0 aliphatic heterocycles. The Hall–Kier alpha value is -2.51. The summed E-state index contributed by atoms with van der Waals surface area (Å²) in [5, 5.41) is 19.7. The van der Waals surface area contributed by atoms with Crippen LogP contribution in [0.1, 0.15) is 25.3 Å². The van der Waals surface area contributed by atoms with Crippen molar-refractivity contribution < 1.29 is 14.7 Å². The number of likely N-dealkylation sites (N-methyl/N-ethyl adjacent to an activating group) is 1. The van der Waals surface area contributed by atoms with Crippen LogP contribution in [0.15, 0.2) is 50.7 Å². The van der Waals surface area contributed by atoms with E-state index in [0.29, 0.717) is 48.0 Å². The average Bonchev–Trinajstić information content (AvgIpc) is 2.71. The van der Waals surface area contributed by atoms with Crippen molar-refractivity contribution in [2.75, 3.05) is 26.8 Å². The second-order valence-electron chi connectivity index (χ2n) is 6.05. The molecular formula is C20H27ClN4O3. The topological polar surface area (TPSA) is 86.8 Å². The van der Waals surface area contributed by atoms with Gasteiger partial charge in [-0.1, -0.05) is 28.9 Å². The van der Waals surface area contributed by atoms with Crippen LogP contribution >= 0.6 is 11.6 Å². The molecule has 0 heterocycles. The number of aliphatic hydroxyl groups excluding tert-OH is 1. The first-order chi connectivity index (χ1) is 13.5. The molecule has 152 valence electrons. The summed E-state index contributed by atoms with van der Waals surface area (Å²) in [5.74, 6) is 0.524.